The lowest BCUT2D eigenvalue weighted by molar-refractivity contribution is -0.122. The lowest BCUT2D eigenvalue weighted by Crippen LogP contribution is -2.44. The molecule has 0 saturated carbocycles. The van der Waals surface area contributed by atoms with Crippen LogP contribution in [0.4, 0.5) is 4.39 Å². The average molecular weight is 238 g/mol. The van der Waals surface area contributed by atoms with Crippen LogP contribution in [0.2, 0.25) is 0 Å². The molecule has 0 saturated heterocycles. The van der Waals surface area contributed by atoms with E-state index in [1.807, 2.05) is 0 Å². The molecular formula is C12H15FN2O2. The molecule has 1 rings (SSSR count). The molecule has 0 aromatic heterocycles. The van der Waals surface area contributed by atoms with Crippen LogP contribution in [0.15, 0.2) is 24.3 Å². The van der Waals surface area contributed by atoms with Gasteiger partial charge in [0.05, 0.1) is 0 Å². The first kappa shape index (κ1) is 13.2. The Balaban J connectivity index is 2.60. The van der Waals surface area contributed by atoms with Crippen molar-refractivity contribution in [3.05, 3.63) is 35.6 Å². The van der Waals surface area contributed by atoms with Gasteiger partial charge in [-0.2, -0.15) is 0 Å². The van der Waals surface area contributed by atoms with Crippen molar-refractivity contribution in [1.82, 2.24) is 10.6 Å². The number of benzene rings is 1. The van der Waals surface area contributed by atoms with Crippen molar-refractivity contribution in [1.29, 1.82) is 0 Å². The molecule has 0 spiro atoms. The summed E-state index contributed by atoms with van der Waals surface area (Å²) in [5, 5.41) is 5.12. The van der Waals surface area contributed by atoms with Crippen molar-refractivity contribution in [2.75, 3.05) is 6.54 Å². The van der Waals surface area contributed by atoms with Gasteiger partial charge in [-0.25, -0.2) is 4.39 Å². The monoisotopic (exact) mass is 238 g/mol. The summed E-state index contributed by atoms with van der Waals surface area (Å²) in [4.78, 5) is 23.0. The van der Waals surface area contributed by atoms with Crippen LogP contribution in [-0.2, 0) is 4.79 Å². The van der Waals surface area contributed by atoms with Gasteiger partial charge >= 0.3 is 0 Å². The van der Waals surface area contributed by atoms with E-state index in [1.54, 1.807) is 13.8 Å². The fraction of sp³-hybridized carbons (Fsp3) is 0.333. The average Bonchev–Trinajstić information content (AvgIpc) is 2.30. The summed E-state index contributed by atoms with van der Waals surface area (Å²) in [6, 6.07) is 4.52. The smallest absolute Gasteiger partial charge is 0.251 e. The third-order valence-corrected chi connectivity index (χ3v) is 2.20. The minimum absolute atomic E-state index is 0.247. The van der Waals surface area contributed by atoms with Gasteiger partial charge in [-0.05, 0) is 38.1 Å². The molecule has 0 heterocycles. The topological polar surface area (TPSA) is 58.2 Å². The standard InChI is InChI=1S/C12H15FN2O2/c1-3-14-11(16)8(2)15-12(17)9-4-6-10(13)7-5-9/h4-8H,3H2,1-2H3,(H,14,16)(H,15,17). The molecule has 4 nitrogen and oxygen atoms in total. The Bertz CT molecular complexity index is 403. The summed E-state index contributed by atoms with van der Waals surface area (Å²) in [6.07, 6.45) is 0. The van der Waals surface area contributed by atoms with Gasteiger partial charge in [0.15, 0.2) is 0 Å². The molecule has 5 heteroatoms. The van der Waals surface area contributed by atoms with E-state index < -0.39 is 17.8 Å². The van der Waals surface area contributed by atoms with Crippen molar-refractivity contribution in [2.45, 2.75) is 19.9 Å². The molecule has 1 atom stereocenters. The molecule has 2 amide bonds. The maximum Gasteiger partial charge on any atom is 0.251 e. The Morgan fingerprint density at radius 2 is 1.88 bits per heavy atom. The number of rotatable bonds is 4. The maximum atomic E-state index is 12.6. The van der Waals surface area contributed by atoms with Gasteiger partial charge < -0.3 is 10.6 Å². The van der Waals surface area contributed by atoms with Crippen LogP contribution in [-0.4, -0.2) is 24.4 Å². The van der Waals surface area contributed by atoms with Crippen molar-refractivity contribution >= 4 is 11.8 Å². The number of nitrogens with one attached hydrogen (secondary N) is 2. The van der Waals surface area contributed by atoms with E-state index in [4.69, 9.17) is 0 Å². The summed E-state index contributed by atoms with van der Waals surface area (Å²) in [6.45, 7) is 3.90. The van der Waals surface area contributed by atoms with Crippen LogP contribution in [0, 0.1) is 5.82 Å². The van der Waals surface area contributed by atoms with Crippen molar-refractivity contribution < 1.29 is 14.0 Å². The van der Waals surface area contributed by atoms with E-state index in [0.717, 1.165) is 0 Å². The zero-order valence-corrected chi connectivity index (χ0v) is 9.79. The Morgan fingerprint density at radius 3 is 2.41 bits per heavy atom. The summed E-state index contributed by atoms with van der Waals surface area (Å²) < 4.78 is 12.6. The lowest BCUT2D eigenvalue weighted by Gasteiger charge is -2.13. The van der Waals surface area contributed by atoms with E-state index in [2.05, 4.69) is 10.6 Å². The van der Waals surface area contributed by atoms with Gasteiger partial charge in [0.1, 0.15) is 11.9 Å². The van der Waals surface area contributed by atoms with E-state index in [9.17, 15) is 14.0 Å². The molecule has 92 valence electrons. The second-order valence-electron chi connectivity index (χ2n) is 3.60. The summed E-state index contributed by atoms with van der Waals surface area (Å²) in [5.41, 5.74) is 0.322. The highest BCUT2D eigenvalue weighted by molar-refractivity contribution is 5.97. The molecule has 0 aliphatic heterocycles. The summed E-state index contributed by atoms with van der Waals surface area (Å²) in [5.74, 6) is -1.05. The maximum absolute atomic E-state index is 12.6. The molecule has 1 aromatic carbocycles. The minimum Gasteiger partial charge on any atom is -0.355 e. The van der Waals surface area contributed by atoms with Gasteiger partial charge in [-0.15, -0.1) is 0 Å². The molecule has 0 aliphatic rings. The molecule has 17 heavy (non-hydrogen) atoms. The van der Waals surface area contributed by atoms with Gasteiger partial charge in [0.25, 0.3) is 5.91 Å². The third kappa shape index (κ3) is 3.86. The number of carbonyl (C=O) groups is 2. The predicted octanol–water partition coefficient (Wildman–Crippen LogP) is 1.08. The second-order valence-corrected chi connectivity index (χ2v) is 3.60. The second kappa shape index (κ2) is 5.98. The normalized spacial score (nSPS) is 11.7. The molecule has 2 N–H and O–H groups in total. The first-order chi connectivity index (χ1) is 8.04. The number of halogens is 1. The first-order valence-corrected chi connectivity index (χ1v) is 5.38. The van der Waals surface area contributed by atoms with Crippen LogP contribution in [0.3, 0.4) is 0 Å². The van der Waals surface area contributed by atoms with Crippen molar-refractivity contribution in [2.24, 2.45) is 0 Å². The number of likely N-dealkylation sites (N-methyl/N-ethyl adjacent to an activating group) is 1. The summed E-state index contributed by atoms with van der Waals surface area (Å²) in [7, 11) is 0. The van der Waals surface area contributed by atoms with Crippen molar-refractivity contribution in [3.63, 3.8) is 0 Å². The fourth-order valence-electron chi connectivity index (χ4n) is 1.27. The Morgan fingerprint density at radius 1 is 1.29 bits per heavy atom. The van der Waals surface area contributed by atoms with Crippen LogP contribution in [0.5, 0.6) is 0 Å². The highest BCUT2D eigenvalue weighted by Crippen LogP contribution is 2.02. The highest BCUT2D eigenvalue weighted by Gasteiger charge is 2.15. The fourth-order valence-corrected chi connectivity index (χ4v) is 1.27. The lowest BCUT2D eigenvalue weighted by atomic mass is 10.2. The van der Waals surface area contributed by atoms with E-state index >= 15 is 0 Å². The largest absolute Gasteiger partial charge is 0.355 e. The predicted molar refractivity (Wildman–Crippen MR) is 62.0 cm³/mol. The van der Waals surface area contributed by atoms with Crippen LogP contribution in [0.1, 0.15) is 24.2 Å². The molecule has 0 bridgehead atoms. The van der Waals surface area contributed by atoms with Gasteiger partial charge in [0.2, 0.25) is 5.91 Å². The highest BCUT2D eigenvalue weighted by atomic mass is 19.1. The Hall–Kier alpha value is -1.91. The van der Waals surface area contributed by atoms with Gasteiger partial charge in [-0.3, -0.25) is 9.59 Å². The molecule has 0 aliphatic carbocycles. The van der Waals surface area contributed by atoms with Crippen LogP contribution in [0.25, 0.3) is 0 Å². The molecule has 0 radical (unpaired) electrons. The van der Waals surface area contributed by atoms with E-state index in [0.29, 0.717) is 12.1 Å². The first-order valence-electron chi connectivity index (χ1n) is 5.38. The zero-order valence-electron chi connectivity index (χ0n) is 9.79. The molecule has 1 aromatic rings. The Labute approximate surface area is 99.2 Å². The van der Waals surface area contributed by atoms with Crippen LogP contribution >= 0.6 is 0 Å². The molecular weight excluding hydrogens is 223 g/mol. The zero-order chi connectivity index (χ0) is 12.8. The Kier molecular flexibility index (Phi) is 4.63. The van der Waals surface area contributed by atoms with E-state index in [-0.39, 0.29) is 5.91 Å². The van der Waals surface area contributed by atoms with Crippen molar-refractivity contribution in [3.8, 4) is 0 Å². The van der Waals surface area contributed by atoms with Gasteiger partial charge in [-0.1, -0.05) is 0 Å². The minimum atomic E-state index is -0.618. The third-order valence-electron chi connectivity index (χ3n) is 2.20. The SMILES string of the molecule is CCNC(=O)C(C)NC(=O)c1ccc(F)cc1. The summed E-state index contributed by atoms with van der Waals surface area (Å²) >= 11 is 0. The van der Waals surface area contributed by atoms with Crippen LogP contribution < -0.4 is 10.6 Å². The number of hydrogen-bond acceptors (Lipinski definition) is 2. The van der Waals surface area contributed by atoms with Gasteiger partial charge in [0, 0.05) is 12.1 Å². The van der Waals surface area contributed by atoms with E-state index in [1.165, 1.54) is 24.3 Å². The molecule has 0 fully saturated rings. The number of carbonyl (C=O) groups excluding carboxylic acids is 2. The number of hydrogen-bond donors (Lipinski definition) is 2. The number of amides is 2. The quantitative estimate of drug-likeness (QED) is 0.824. The molecule has 1 unspecified atom stereocenters.